The third-order valence-corrected chi connectivity index (χ3v) is 2.81. The summed E-state index contributed by atoms with van der Waals surface area (Å²) in [6.45, 7) is 7.07. The van der Waals surface area contributed by atoms with Crippen molar-refractivity contribution in [3.63, 3.8) is 0 Å². The van der Waals surface area contributed by atoms with Gasteiger partial charge < -0.3 is 5.73 Å². The van der Waals surface area contributed by atoms with Crippen LogP contribution in [-0.4, -0.2) is 12.3 Å². The first-order valence-corrected chi connectivity index (χ1v) is 5.84. The molecule has 0 spiro atoms. The third-order valence-electron chi connectivity index (χ3n) is 2.81. The molecule has 0 aliphatic rings. The maximum atomic E-state index is 11.6. The highest BCUT2D eigenvalue weighted by molar-refractivity contribution is 5.80. The van der Waals surface area contributed by atoms with Crippen LogP contribution in [0.1, 0.15) is 52.9 Å². The lowest BCUT2D eigenvalue weighted by molar-refractivity contribution is -0.122. The predicted molar refractivity (Wildman–Crippen MR) is 61.1 cm³/mol. The van der Waals surface area contributed by atoms with E-state index in [1.54, 1.807) is 0 Å². The minimum absolute atomic E-state index is 0.255. The molecule has 0 aliphatic heterocycles. The lowest BCUT2D eigenvalue weighted by Gasteiger charge is -2.12. The van der Waals surface area contributed by atoms with Crippen LogP contribution in [0.15, 0.2) is 0 Å². The summed E-state index contributed by atoms with van der Waals surface area (Å²) in [5, 5.41) is 0. The third kappa shape index (κ3) is 6.14. The molecule has 0 heterocycles. The Labute approximate surface area is 88.3 Å². The zero-order valence-electron chi connectivity index (χ0n) is 9.88. The molecule has 0 rings (SSSR count). The normalized spacial score (nSPS) is 15.1. The van der Waals surface area contributed by atoms with E-state index in [2.05, 4.69) is 13.8 Å². The summed E-state index contributed by atoms with van der Waals surface area (Å²) in [6, 6.07) is 0. The Hall–Kier alpha value is -0.370. The van der Waals surface area contributed by atoms with Gasteiger partial charge in [0.25, 0.3) is 0 Å². The van der Waals surface area contributed by atoms with E-state index in [1.807, 2.05) is 6.92 Å². The van der Waals surface area contributed by atoms with Crippen LogP contribution in [0.3, 0.4) is 0 Å². The van der Waals surface area contributed by atoms with Crippen molar-refractivity contribution in [2.45, 2.75) is 52.9 Å². The van der Waals surface area contributed by atoms with E-state index in [1.165, 1.54) is 0 Å². The van der Waals surface area contributed by atoms with Crippen molar-refractivity contribution in [2.24, 2.45) is 17.6 Å². The van der Waals surface area contributed by atoms with Crippen LogP contribution in [0.4, 0.5) is 0 Å². The number of carbonyl (C=O) groups excluding carboxylic acids is 1. The quantitative estimate of drug-likeness (QED) is 0.653. The minimum Gasteiger partial charge on any atom is -0.330 e. The van der Waals surface area contributed by atoms with Gasteiger partial charge in [0.2, 0.25) is 0 Å². The Balaban J connectivity index is 3.61. The van der Waals surface area contributed by atoms with E-state index in [0.717, 1.165) is 38.6 Å². The fourth-order valence-electron chi connectivity index (χ4n) is 1.66. The summed E-state index contributed by atoms with van der Waals surface area (Å²) >= 11 is 0. The maximum absolute atomic E-state index is 11.6. The summed E-state index contributed by atoms with van der Waals surface area (Å²) in [5.74, 6) is 1.28. The lowest BCUT2D eigenvalue weighted by atomic mass is 9.93. The molecule has 0 bridgehead atoms. The molecule has 0 aromatic rings. The lowest BCUT2D eigenvalue weighted by Crippen LogP contribution is -2.13. The van der Waals surface area contributed by atoms with Crippen LogP contribution in [0.2, 0.25) is 0 Å². The van der Waals surface area contributed by atoms with Crippen LogP contribution in [0, 0.1) is 11.8 Å². The average Bonchev–Trinajstić information content (AvgIpc) is 2.15. The molecule has 2 nitrogen and oxygen atoms in total. The number of hydrogen-bond donors (Lipinski definition) is 1. The van der Waals surface area contributed by atoms with Crippen LogP contribution in [-0.2, 0) is 4.79 Å². The highest BCUT2D eigenvalue weighted by Crippen LogP contribution is 2.14. The van der Waals surface area contributed by atoms with Crippen LogP contribution in [0.5, 0.6) is 0 Å². The fraction of sp³-hybridized carbons (Fsp3) is 0.917. The number of nitrogens with two attached hydrogens (primary N) is 1. The summed E-state index contributed by atoms with van der Waals surface area (Å²) < 4.78 is 0. The largest absolute Gasteiger partial charge is 0.330 e. The SMILES string of the molecule is CCCC(C)C(=O)CCC(C)CCN. The minimum atomic E-state index is 0.255. The molecule has 2 atom stereocenters. The molecule has 0 saturated heterocycles. The van der Waals surface area contributed by atoms with Gasteiger partial charge in [0.05, 0.1) is 0 Å². The number of rotatable bonds is 8. The van der Waals surface area contributed by atoms with Crippen LogP contribution >= 0.6 is 0 Å². The Morgan fingerprint density at radius 2 is 1.86 bits per heavy atom. The van der Waals surface area contributed by atoms with Gasteiger partial charge in [-0.25, -0.2) is 0 Å². The summed E-state index contributed by atoms with van der Waals surface area (Å²) in [5.41, 5.74) is 5.46. The fourth-order valence-corrected chi connectivity index (χ4v) is 1.66. The molecule has 2 unspecified atom stereocenters. The van der Waals surface area contributed by atoms with Crippen molar-refractivity contribution < 1.29 is 4.79 Å². The Morgan fingerprint density at radius 3 is 2.36 bits per heavy atom. The zero-order chi connectivity index (χ0) is 11.0. The molecular weight excluding hydrogens is 174 g/mol. The molecule has 0 aliphatic carbocycles. The number of hydrogen-bond acceptors (Lipinski definition) is 2. The van der Waals surface area contributed by atoms with Gasteiger partial charge in [-0.1, -0.05) is 27.2 Å². The van der Waals surface area contributed by atoms with Crippen molar-refractivity contribution in [3.05, 3.63) is 0 Å². The van der Waals surface area contributed by atoms with Crippen LogP contribution in [0.25, 0.3) is 0 Å². The van der Waals surface area contributed by atoms with Gasteiger partial charge in [-0.15, -0.1) is 0 Å². The predicted octanol–water partition coefficient (Wildman–Crippen LogP) is 2.76. The highest BCUT2D eigenvalue weighted by atomic mass is 16.1. The van der Waals surface area contributed by atoms with E-state index < -0.39 is 0 Å². The summed E-state index contributed by atoms with van der Waals surface area (Å²) in [7, 11) is 0. The van der Waals surface area contributed by atoms with Crippen molar-refractivity contribution in [2.75, 3.05) is 6.54 Å². The monoisotopic (exact) mass is 199 g/mol. The first kappa shape index (κ1) is 13.6. The maximum Gasteiger partial charge on any atom is 0.135 e. The molecule has 84 valence electrons. The van der Waals surface area contributed by atoms with Crippen molar-refractivity contribution >= 4 is 5.78 Å². The van der Waals surface area contributed by atoms with Gasteiger partial charge in [-0.05, 0) is 31.7 Å². The molecule has 0 radical (unpaired) electrons. The molecular formula is C12H25NO. The smallest absolute Gasteiger partial charge is 0.135 e. The van der Waals surface area contributed by atoms with E-state index in [4.69, 9.17) is 5.73 Å². The molecule has 14 heavy (non-hydrogen) atoms. The second kappa shape index (κ2) is 7.98. The van der Waals surface area contributed by atoms with E-state index in [0.29, 0.717) is 11.7 Å². The summed E-state index contributed by atoms with van der Waals surface area (Å²) in [6.07, 6.45) is 4.91. The van der Waals surface area contributed by atoms with Gasteiger partial charge in [-0.2, -0.15) is 0 Å². The molecule has 0 amide bonds. The second-order valence-corrected chi connectivity index (χ2v) is 4.38. The van der Waals surface area contributed by atoms with Gasteiger partial charge in [-0.3, -0.25) is 4.79 Å². The molecule has 0 aromatic heterocycles. The van der Waals surface area contributed by atoms with Gasteiger partial charge in [0.15, 0.2) is 0 Å². The first-order valence-electron chi connectivity index (χ1n) is 5.84. The standard InChI is InChI=1S/C12H25NO/c1-4-5-11(3)12(14)7-6-10(2)8-9-13/h10-11H,4-9,13H2,1-3H3. The molecule has 0 fully saturated rings. The van der Waals surface area contributed by atoms with Crippen LogP contribution < -0.4 is 5.73 Å². The Kier molecular flexibility index (Phi) is 7.77. The summed E-state index contributed by atoms with van der Waals surface area (Å²) in [4.78, 5) is 11.6. The number of Topliss-reactive ketones (excluding diaryl/α,β-unsaturated/α-hetero) is 1. The molecule has 2 heteroatoms. The first-order chi connectivity index (χ1) is 6.61. The van der Waals surface area contributed by atoms with E-state index >= 15 is 0 Å². The number of ketones is 1. The average molecular weight is 199 g/mol. The molecule has 0 saturated carbocycles. The second-order valence-electron chi connectivity index (χ2n) is 4.38. The van der Waals surface area contributed by atoms with E-state index in [9.17, 15) is 4.79 Å². The topological polar surface area (TPSA) is 43.1 Å². The Bertz CT molecular complexity index is 156. The number of carbonyl (C=O) groups is 1. The zero-order valence-corrected chi connectivity index (χ0v) is 9.88. The van der Waals surface area contributed by atoms with Crippen molar-refractivity contribution in [1.29, 1.82) is 0 Å². The van der Waals surface area contributed by atoms with Crippen molar-refractivity contribution in [3.8, 4) is 0 Å². The van der Waals surface area contributed by atoms with E-state index in [-0.39, 0.29) is 5.92 Å². The molecule has 2 N–H and O–H groups in total. The van der Waals surface area contributed by atoms with Gasteiger partial charge >= 0.3 is 0 Å². The van der Waals surface area contributed by atoms with Gasteiger partial charge in [0.1, 0.15) is 5.78 Å². The van der Waals surface area contributed by atoms with Crippen molar-refractivity contribution in [1.82, 2.24) is 0 Å². The Morgan fingerprint density at radius 1 is 1.21 bits per heavy atom. The highest BCUT2D eigenvalue weighted by Gasteiger charge is 2.12. The molecule has 0 aromatic carbocycles. The van der Waals surface area contributed by atoms with Gasteiger partial charge in [0, 0.05) is 12.3 Å².